The maximum Gasteiger partial charge on any atom is 0.407 e. The van der Waals surface area contributed by atoms with Crippen LogP contribution in [0.2, 0.25) is 0 Å². The lowest BCUT2D eigenvalue weighted by Gasteiger charge is -2.23. The SMILES string of the molecule is CCOC(=O)NCCCCC(CNC(C)NCCCN1C(=O)C=C(C)C1=O)NC(=O)OCC.O. The first-order chi connectivity index (χ1) is 15.8. The van der Waals surface area contributed by atoms with E-state index in [0.29, 0.717) is 57.8 Å². The van der Waals surface area contributed by atoms with Gasteiger partial charge in [-0.1, -0.05) is 0 Å². The number of amides is 4. The highest BCUT2D eigenvalue weighted by molar-refractivity contribution is 6.15. The summed E-state index contributed by atoms with van der Waals surface area (Å²) in [5, 5.41) is 12.2. The van der Waals surface area contributed by atoms with Crippen molar-refractivity contribution >= 4 is 24.0 Å². The second-order valence-corrected chi connectivity index (χ2v) is 7.76. The molecule has 1 rings (SSSR count). The summed E-state index contributed by atoms with van der Waals surface area (Å²) in [6.45, 7) is 9.77. The number of alkyl carbamates (subject to hydrolysis) is 2. The molecule has 0 aromatic carbocycles. The van der Waals surface area contributed by atoms with Gasteiger partial charge in [-0.05, 0) is 59.9 Å². The molecule has 4 amide bonds. The Morgan fingerprint density at radius 2 is 1.68 bits per heavy atom. The van der Waals surface area contributed by atoms with Crippen LogP contribution < -0.4 is 21.3 Å². The highest BCUT2D eigenvalue weighted by Crippen LogP contribution is 2.11. The van der Waals surface area contributed by atoms with E-state index in [1.54, 1.807) is 20.8 Å². The number of imide groups is 1. The van der Waals surface area contributed by atoms with Gasteiger partial charge >= 0.3 is 12.2 Å². The lowest BCUT2D eigenvalue weighted by atomic mass is 10.1. The zero-order valence-electron chi connectivity index (χ0n) is 20.7. The molecule has 0 fully saturated rings. The van der Waals surface area contributed by atoms with Gasteiger partial charge in [-0.2, -0.15) is 0 Å². The zero-order valence-corrected chi connectivity index (χ0v) is 20.7. The molecule has 2 atom stereocenters. The molecule has 12 nitrogen and oxygen atoms in total. The normalized spacial score (nSPS) is 14.7. The Labute approximate surface area is 201 Å². The number of unbranched alkanes of at least 4 members (excludes halogenated alkanes) is 1. The molecule has 0 saturated heterocycles. The van der Waals surface area contributed by atoms with Gasteiger partial charge in [0, 0.05) is 37.3 Å². The first-order valence-electron chi connectivity index (χ1n) is 11.6. The first kappa shape index (κ1) is 31.3. The molecule has 0 aliphatic carbocycles. The molecule has 12 heteroatoms. The predicted octanol–water partition coefficient (Wildman–Crippen LogP) is 0.423. The lowest BCUT2D eigenvalue weighted by molar-refractivity contribution is -0.137. The van der Waals surface area contributed by atoms with E-state index in [9.17, 15) is 19.2 Å². The fourth-order valence-corrected chi connectivity index (χ4v) is 3.25. The molecule has 1 aliphatic heterocycles. The zero-order chi connectivity index (χ0) is 24.6. The van der Waals surface area contributed by atoms with Gasteiger partial charge in [-0.15, -0.1) is 0 Å². The first-order valence-corrected chi connectivity index (χ1v) is 11.6. The Morgan fingerprint density at radius 3 is 2.29 bits per heavy atom. The van der Waals surface area contributed by atoms with Crippen molar-refractivity contribution in [3.8, 4) is 0 Å². The molecule has 0 spiro atoms. The van der Waals surface area contributed by atoms with Gasteiger partial charge in [0.1, 0.15) is 0 Å². The van der Waals surface area contributed by atoms with Crippen molar-refractivity contribution in [1.82, 2.24) is 26.2 Å². The third-order valence-corrected chi connectivity index (χ3v) is 4.99. The minimum absolute atomic E-state index is 0. The molecule has 1 aliphatic rings. The summed E-state index contributed by atoms with van der Waals surface area (Å²) in [6.07, 6.45) is 3.37. The van der Waals surface area contributed by atoms with E-state index in [0.717, 1.165) is 12.8 Å². The molecule has 1 heterocycles. The molecular weight excluding hydrogens is 446 g/mol. The van der Waals surface area contributed by atoms with E-state index in [4.69, 9.17) is 9.47 Å². The molecule has 0 radical (unpaired) electrons. The van der Waals surface area contributed by atoms with Crippen LogP contribution in [-0.4, -0.2) is 86.0 Å². The topological polar surface area (TPSA) is 170 Å². The third-order valence-electron chi connectivity index (χ3n) is 4.99. The molecule has 6 N–H and O–H groups in total. The van der Waals surface area contributed by atoms with Crippen LogP contribution in [0.15, 0.2) is 11.6 Å². The van der Waals surface area contributed by atoms with Crippen molar-refractivity contribution in [2.24, 2.45) is 0 Å². The summed E-state index contributed by atoms with van der Waals surface area (Å²) in [5.41, 5.74) is 0.472. The fourth-order valence-electron chi connectivity index (χ4n) is 3.25. The number of rotatable bonds is 16. The molecule has 0 saturated carbocycles. The second kappa shape index (κ2) is 17.7. The van der Waals surface area contributed by atoms with Crippen LogP contribution in [0.3, 0.4) is 0 Å². The van der Waals surface area contributed by atoms with Gasteiger partial charge in [0.25, 0.3) is 11.8 Å². The average Bonchev–Trinajstić information content (AvgIpc) is 3.00. The maximum atomic E-state index is 11.9. The van der Waals surface area contributed by atoms with Gasteiger partial charge in [0.2, 0.25) is 0 Å². The van der Waals surface area contributed by atoms with Crippen molar-refractivity contribution in [3.63, 3.8) is 0 Å². The Balaban J connectivity index is 0.0000109. The van der Waals surface area contributed by atoms with Crippen molar-refractivity contribution in [2.45, 2.75) is 65.6 Å². The number of carbonyl (C=O) groups excluding carboxylic acids is 4. The van der Waals surface area contributed by atoms with Gasteiger partial charge in [0.05, 0.1) is 19.4 Å². The molecule has 34 heavy (non-hydrogen) atoms. The average molecular weight is 488 g/mol. The summed E-state index contributed by atoms with van der Waals surface area (Å²) in [5.74, 6) is -0.481. The molecular formula is C22H41N5O7. The van der Waals surface area contributed by atoms with Crippen LogP contribution >= 0.6 is 0 Å². The maximum absolute atomic E-state index is 11.9. The summed E-state index contributed by atoms with van der Waals surface area (Å²) in [4.78, 5) is 48.0. The number of ether oxygens (including phenoxy) is 2. The summed E-state index contributed by atoms with van der Waals surface area (Å²) in [6, 6.07) is -0.134. The van der Waals surface area contributed by atoms with E-state index in [1.165, 1.54) is 11.0 Å². The number of carbonyl (C=O) groups is 4. The van der Waals surface area contributed by atoms with Crippen LogP contribution in [0, 0.1) is 0 Å². The van der Waals surface area contributed by atoms with E-state index in [1.807, 2.05) is 6.92 Å². The molecule has 2 unspecified atom stereocenters. The van der Waals surface area contributed by atoms with Crippen LogP contribution in [0.1, 0.15) is 53.4 Å². The van der Waals surface area contributed by atoms with Gasteiger partial charge in [-0.25, -0.2) is 9.59 Å². The Hall–Kier alpha value is -2.70. The van der Waals surface area contributed by atoms with Crippen molar-refractivity contribution in [3.05, 3.63) is 11.6 Å². The van der Waals surface area contributed by atoms with Crippen molar-refractivity contribution in [1.29, 1.82) is 0 Å². The number of hydrogen-bond acceptors (Lipinski definition) is 8. The number of hydrogen-bond donors (Lipinski definition) is 4. The van der Waals surface area contributed by atoms with E-state index >= 15 is 0 Å². The highest BCUT2D eigenvalue weighted by Gasteiger charge is 2.27. The van der Waals surface area contributed by atoms with Gasteiger partial charge in [-0.3, -0.25) is 14.5 Å². The molecule has 0 bridgehead atoms. The third kappa shape index (κ3) is 12.5. The minimum Gasteiger partial charge on any atom is -0.450 e. The van der Waals surface area contributed by atoms with E-state index in [2.05, 4.69) is 21.3 Å². The standard InChI is InChI=1S/C22H39N5O6.H2O/c1-5-32-21(30)24-11-8-7-10-18(26-22(31)33-6-2)15-25-17(4)23-12-9-13-27-19(28)14-16(3)20(27)29;/h14,17-18,23,25H,5-13,15H2,1-4H3,(H,24,30)(H,26,31);1H2. The summed E-state index contributed by atoms with van der Waals surface area (Å²) >= 11 is 0. The molecule has 0 aromatic heterocycles. The van der Waals surface area contributed by atoms with Gasteiger partial charge < -0.3 is 36.2 Å². The van der Waals surface area contributed by atoms with Crippen LogP contribution in [0.4, 0.5) is 9.59 Å². The van der Waals surface area contributed by atoms with Crippen LogP contribution in [0.25, 0.3) is 0 Å². The van der Waals surface area contributed by atoms with E-state index in [-0.39, 0.29) is 29.5 Å². The van der Waals surface area contributed by atoms with Crippen LogP contribution in [-0.2, 0) is 19.1 Å². The predicted molar refractivity (Wildman–Crippen MR) is 127 cm³/mol. The van der Waals surface area contributed by atoms with E-state index < -0.39 is 12.2 Å². The summed E-state index contributed by atoms with van der Waals surface area (Å²) < 4.78 is 9.81. The quantitative estimate of drug-likeness (QED) is 0.138. The number of nitrogens with one attached hydrogen (secondary N) is 4. The van der Waals surface area contributed by atoms with Crippen molar-refractivity contribution in [2.75, 3.05) is 39.4 Å². The minimum atomic E-state index is -0.460. The molecule has 0 aromatic rings. The van der Waals surface area contributed by atoms with Crippen molar-refractivity contribution < 1.29 is 34.1 Å². The van der Waals surface area contributed by atoms with Gasteiger partial charge in [0.15, 0.2) is 0 Å². The Kier molecular flexibility index (Phi) is 16.3. The highest BCUT2D eigenvalue weighted by atomic mass is 16.6. The Bertz CT molecular complexity index is 687. The second-order valence-electron chi connectivity index (χ2n) is 7.76. The lowest BCUT2D eigenvalue weighted by Crippen LogP contribution is -2.48. The monoisotopic (exact) mass is 487 g/mol. The summed E-state index contributed by atoms with van der Waals surface area (Å²) in [7, 11) is 0. The smallest absolute Gasteiger partial charge is 0.407 e. The fraction of sp³-hybridized carbons (Fsp3) is 0.727. The number of nitrogens with zero attached hydrogens (tertiary/aromatic N) is 1. The largest absolute Gasteiger partial charge is 0.450 e. The molecule has 196 valence electrons. The van der Waals surface area contributed by atoms with Crippen LogP contribution in [0.5, 0.6) is 0 Å². The Morgan fingerprint density at radius 1 is 1.00 bits per heavy atom.